The number of carbonyl (C=O) groups is 1. The van der Waals surface area contributed by atoms with E-state index in [0.717, 1.165) is 31.5 Å². The first-order valence-electron chi connectivity index (χ1n) is 7.01. The maximum atomic E-state index is 13.0. The Morgan fingerprint density at radius 2 is 2.40 bits per heavy atom. The lowest BCUT2D eigenvalue weighted by Gasteiger charge is -2.16. The summed E-state index contributed by atoms with van der Waals surface area (Å²) in [7, 11) is 0. The van der Waals surface area contributed by atoms with Crippen molar-refractivity contribution in [1.29, 1.82) is 0 Å². The molecule has 20 heavy (non-hydrogen) atoms. The van der Waals surface area contributed by atoms with Crippen molar-refractivity contribution >= 4 is 17.5 Å². The molecule has 0 spiro atoms. The van der Waals surface area contributed by atoms with Crippen LogP contribution in [0.3, 0.4) is 0 Å². The molecule has 0 bridgehead atoms. The van der Waals surface area contributed by atoms with Gasteiger partial charge in [0, 0.05) is 11.4 Å². The first kappa shape index (κ1) is 15.3. The summed E-state index contributed by atoms with van der Waals surface area (Å²) < 4.78 is 13.0. The first-order chi connectivity index (χ1) is 9.56. The Bertz CT molecular complexity index is 475. The second-order valence-electron chi connectivity index (χ2n) is 5.35. The molecule has 2 atom stereocenters. The SMILES string of the molecule is CC(NC(=O)CCC1CCNC1)c1ccc(F)cc1Cl. The molecule has 1 amide bonds. The fourth-order valence-electron chi connectivity index (χ4n) is 2.54. The highest BCUT2D eigenvalue weighted by atomic mass is 35.5. The Hall–Kier alpha value is -1.13. The van der Waals surface area contributed by atoms with E-state index in [1.165, 1.54) is 12.1 Å². The van der Waals surface area contributed by atoms with Gasteiger partial charge in [-0.3, -0.25) is 4.79 Å². The van der Waals surface area contributed by atoms with Gasteiger partial charge in [-0.15, -0.1) is 0 Å². The van der Waals surface area contributed by atoms with Gasteiger partial charge in [0.05, 0.1) is 6.04 Å². The number of nitrogens with one attached hydrogen (secondary N) is 2. The zero-order valence-electron chi connectivity index (χ0n) is 11.6. The topological polar surface area (TPSA) is 41.1 Å². The van der Waals surface area contributed by atoms with E-state index < -0.39 is 0 Å². The molecule has 1 aromatic rings. The van der Waals surface area contributed by atoms with Crippen molar-refractivity contribution in [1.82, 2.24) is 10.6 Å². The summed E-state index contributed by atoms with van der Waals surface area (Å²) in [6, 6.07) is 4.03. The number of amides is 1. The van der Waals surface area contributed by atoms with Gasteiger partial charge < -0.3 is 10.6 Å². The van der Waals surface area contributed by atoms with Gasteiger partial charge in [-0.2, -0.15) is 0 Å². The van der Waals surface area contributed by atoms with Gasteiger partial charge >= 0.3 is 0 Å². The van der Waals surface area contributed by atoms with Crippen LogP contribution in [0.25, 0.3) is 0 Å². The molecule has 1 heterocycles. The van der Waals surface area contributed by atoms with Gasteiger partial charge in [0.25, 0.3) is 0 Å². The Kier molecular flexibility index (Phi) is 5.38. The van der Waals surface area contributed by atoms with Gasteiger partial charge in [-0.25, -0.2) is 4.39 Å². The van der Waals surface area contributed by atoms with E-state index in [-0.39, 0.29) is 17.8 Å². The molecule has 3 nitrogen and oxygen atoms in total. The molecule has 0 aliphatic carbocycles. The standard InChI is InChI=1S/C15H20ClFN2O/c1-10(13-4-3-12(17)8-14(13)16)19-15(20)5-2-11-6-7-18-9-11/h3-4,8,10-11,18H,2,5-7,9H2,1H3,(H,19,20). The minimum Gasteiger partial charge on any atom is -0.350 e. The highest BCUT2D eigenvalue weighted by molar-refractivity contribution is 6.31. The minimum absolute atomic E-state index is 0.0183. The molecule has 1 saturated heterocycles. The van der Waals surface area contributed by atoms with Crippen molar-refractivity contribution in [2.75, 3.05) is 13.1 Å². The van der Waals surface area contributed by atoms with Gasteiger partial charge in [0.2, 0.25) is 5.91 Å². The van der Waals surface area contributed by atoms with Crippen molar-refractivity contribution in [3.8, 4) is 0 Å². The Labute approximate surface area is 123 Å². The Morgan fingerprint density at radius 1 is 1.60 bits per heavy atom. The average Bonchev–Trinajstić information content (AvgIpc) is 2.89. The third kappa shape index (κ3) is 4.18. The largest absolute Gasteiger partial charge is 0.350 e. The molecule has 110 valence electrons. The van der Waals surface area contributed by atoms with E-state index in [9.17, 15) is 9.18 Å². The lowest BCUT2D eigenvalue weighted by atomic mass is 10.0. The van der Waals surface area contributed by atoms with Crippen molar-refractivity contribution in [2.24, 2.45) is 5.92 Å². The second kappa shape index (κ2) is 7.04. The highest BCUT2D eigenvalue weighted by Gasteiger charge is 2.17. The zero-order chi connectivity index (χ0) is 14.5. The van der Waals surface area contributed by atoms with Crippen molar-refractivity contribution in [2.45, 2.75) is 32.2 Å². The summed E-state index contributed by atoms with van der Waals surface area (Å²) in [5, 5.41) is 6.55. The van der Waals surface area contributed by atoms with Gasteiger partial charge in [0.1, 0.15) is 5.82 Å². The van der Waals surface area contributed by atoms with Crippen LogP contribution < -0.4 is 10.6 Å². The number of benzene rings is 1. The lowest BCUT2D eigenvalue weighted by molar-refractivity contribution is -0.122. The maximum Gasteiger partial charge on any atom is 0.220 e. The molecule has 1 aromatic carbocycles. The number of carbonyl (C=O) groups excluding carboxylic acids is 1. The summed E-state index contributed by atoms with van der Waals surface area (Å²) in [6.45, 7) is 3.91. The molecule has 0 radical (unpaired) electrons. The van der Waals surface area contributed by atoms with Crippen LogP contribution >= 0.6 is 11.6 Å². The van der Waals surface area contributed by atoms with Crippen LogP contribution in [0.4, 0.5) is 4.39 Å². The van der Waals surface area contributed by atoms with E-state index in [4.69, 9.17) is 11.6 Å². The van der Waals surface area contributed by atoms with Crippen LogP contribution in [0.15, 0.2) is 18.2 Å². The van der Waals surface area contributed by atoms with E-state index in [0.29, 0.717) is 17.4 Å². The number of rotatable bonds is 5. The van der Waals surface area contributed by atoms with E-state index in [2.05, 4.69) is 10.6 Å². The smallest absolute Gasteiger partial charge is 0.220 e. The maximum absolute atomic E-state index is 13.0. The summed E-state index contributed by atoms with van der Waals surface area (Å²) in [5.74, 6) is 0.251. The van der Waals surface area contributed by atoms with Crippen LogP contribution in [-0.4, -0.2) is 19.0 Å². The molecule has 0 saturated carbocycles. The lowest BCUT2D eigenvalue weighted by Crippen LogP contribution is -2.27. The van der Waals surface area contributed by atoms with Crippen molar-refractivity contribution < 1.29 is 9.18 Å². The number of hydrogen-bond acceptors (Lipinski definition) is 2. The highest BCUT2D eigenvalue weighted by Crippen LogP contribution is 2.24. The molecule has 2 N–H and O–H groups in total. The van der Waals surface area contributed by atoms with Crippen LogP contribution in [0, 0.1) is 11.7 Å². The molecule has 1 aliphatic heterocycles. The second-order valence-corrected chi connectivity index (χ2v) is 5.76. The van der Waals surface area contributed by atoms with Crippen LogP contribution in [0.5, 0.6) is 0 Å². The van der Waals surface area contributed by atoms with E-state index in [1.807, 2.05) is 6.92 Å². The normalized spacial score (nSPS) is 19.9. The number of halogens is 2. The molecule has 2 unspecified atom stereocenters. The fourth-order valence-corrected chi connectivity index (χ4v) is 2.87. The zero-order valence-corrected chi connectivity index (χ0v) is 12.3. The van der Waals surface area contributed by atoms with E-state index >= 15 is 0 Å². The first-order valence-corrected chi connectivity index (χ1v) is 7.39. The minimum atomic E-state index is -0.369. The van der Waals surface area contributed by atoms with Gasteiger partial charge in [0.15, 0.2) is 0 Å². The fraction of sp³-hybridized carbons (Fsp3) is 0.533. The predicted octanol–water partition coefficient (Wildman–Crippen LogP) is 3.05. The van der Waals surface area contributed by atoms with Gasteiger partial charge in [-0.1, -0.05) is 17.7 Å². The monoisotopic (exact) mass is 298 g/mol. The van der Waals surface area contributed by atoms with Crippen LogP contribution in [0.1, 0.15) is 37.8 Å². The van der Waals surface area contributed by atoms with E-state index in [1.54, 1.807) is 6.07 Å². The Balaban J connectivity index is 1.83. The molecule has 1 aliphatic rings. The third-order valence-corrected chi connectivity index (χ3v) is 4.08. The molecular formula is C15H20ClFN2O. The van der Waals surface area contributed by atoms with Gasteiger partial charge in [-0.05, 0) is 56.5 Å². The quantitative estimate of drug-likeness (QED) is 0.877. The summed E-state index contributed by atoms with van der Waals surface area (Å²) in [4.78, 5) is 11.9. The average molecular weight is 299 g/mol. The summed E-state index contributed by atoms with van der Waals surface area (Å²) >= 11 is 5.99. The van der Waals surface area contributed by atoms with Crippen LogP contribution in [-0.2, 0) is 4.79 Å². The summed E-state index contributed by atoms with van der Waals surface area (Å²) in [5.41, 5.74) is 0.740. The number of hydrogen-bond donors (Lipinski definition) is 2. The van der Waals surface area contributed by atoms with Crippen molar-refractivity contribution in [3.05, 3.63) is 34.6 Å². The third-order valence-electron chi connectivity index (χ3n) is 3.75. The molecular weight excluding hydrogens is 279 g/mol. The molecule has 2 rings (SSSR count). The van der Waals surface area contributed by atoms with Crippen molar-refractivity contribution in [3.63, 3.8) is 0 Å². The summed E-state index contributed by atoms with van der Waals surface area (Å²) in [6.07, 6.45) is 2.57. The molecule has 1 fully saturated rings. The molecule has 0 aromatic heterocycles. The van der Waals surface area contributed by atoms with Crippen LogP contribution in [0.2, 0.25) is 5.02 Å². The predicted molar refractivity (Wildman–Crippen MR) is 78.2 cm³/mol. The molecule has 5 heteroatoms. The Morgan fingerprint density at radius 3 is 3.05 bits per heavy atom.